The molecule has 0 aliphatic heterocycles. The molecule has 4 aliphatic rings. The van der Waals surface area contributed by atoms with E-state index in [-0.39, 0.29) is 34.2 Å². The lowest BCUT2D eigenvalue weighted by molar-refractivity contribution is 0.553. The SMILES string of the molecule is PC(P)(P)c1ccc(-c2ccc(C3C(c4ccc(C5c6ccccc6C6C=Cc7oc8ccccc8c7C65)cc4)=CCC3c3ccc(CC4c5ccccc5-c5ccc6oc7ccccc7c6c54)cc3)cc2)cc1. The van der Waals surface area contributed by atoms with Gasteiger partial charge in [0.05, 0.1) is 0 Å². The number of hydrogen-bond donors (Lipinski definition) is 0. The van der Waals surface area contributed by atoms with Crippen LogP contribution < -0.4 is 0 Å². The topological polar surface area (TPSA) is 26.3 Å². The first kappa shape index (κ1) is 44.6. The number of fused-ring (bicyclic) bond motifs is 14. The van der Waals surface area contributed by atoms with Crippen molar-refractivity contribution in [3.05, 3.63) is 285 Å². The Balaban J connectivity index is 0.777. The summed E-state index contributed by atoms with van der Waals surface area (Å²) < 4.78 is 12.8. The molecule has 0 N–H and O–H groups in total. The zero-order chi connectivity index (χ0) is 49.2. The van der Waals surface area contributed by atoms with Crippen LogP contribution in [-0.2, 0) is 11.1 Å². The highest BCUT2D eigenvalue weighted by Crippen LogP contribution is 2.60. The molecular weight excluding hydrogens is 954 g/mol. The van der Waals surface area contributed by atoms with Crippen molar-refractivity contribution in [2.24, 2.45) is 0 Å². The lowest BCUT2D eigenvalue weighted by Gasteiger charge is -2.28. The lowest BCUT2D eigenvalue weighted by atomic mass is 9.74. The fraction of sp³-hybridized carbons (Fsp3) is 0.130. The normalized spacial score (nSPS) is 20.4. The van der Waals surface area contributed by atoms with E-state index < -0.39 is 0 Å². The molecule has 5 heteroatoms. The van der Waals surface area contributed by atoms with Crippen LogP contribution in [0.2, 0.25) is 0 Å². The highest BCUT2D eigenvalue weighted by molar-refractivity contribution is 7.56. The van der Waals surface area contributed by atoms with Crippen molar-refractivity contribution < 1.29 is 8.83 Å². The third-order valence-electron chi connectivity index (χ3n) is 17.2. The maximum Gasteiger partial charge on any atom is 0.135 e. The Morgan fingerprint density at radius 1 is 0.473 bits per heavy atom. The molecule has 0 saturated carbocycles. The smallest absolute Gasteiger partial charge is 0.135 e. The van der Waals surface area contributed by atoms with E-state index in [1.165, 1.54) is 105 Å². The van der Waals surface area contributed by atoms with Crippen LogP contribution >= 0.6 is 27.7 Å². The monoisotopic (exact) mass is 1010 g/mol. The molecular formula is C69H53O2P3. The first-order chi connectivity index (χ1) is 36.3. The quantitative estimate of drug-likeness (QED) is 0.142. The molecule has 4 aliphatic carbocycles. The Hall–Kier alpha value is -6.91. The second-order valence-corrected chi connectivity index (χ2v) is 26.1. The average molecular weight is 1010 g/mol. The summed E-state index contributed by atoms with van der Waals surface area (Å²) in [6, 6.07) is 77.5. The van der Waals surface area contributed by atoms with Gasteiger partial charge < -0.3 is 8.83 Å². The molecule has 9 unspecified atom stereocenters. The van der Waals surface area contributed by atoms with Crippen LogP contribution in [0.15, 0.2) is 227 Å². The third kappa shape index (κ3) is 7.10. The van der Waals surface area contributed by atoms with Crippen LogP contribution in [0.25, 0.3) is 66.8 Å². The number of para-hydroxylation sites is 2. The van der Waals surface area contributed by atoms with Gasteiger partial charge in [-0.1, -0.05) is 200 Å². The molecule has 9 aromatic carbocycles. The summed E-state index contributed by atoms with van der Waals surface area (Å²) >= 11 is 0. The van der Waals surface area contributed by atoms with Crippen molar-refractivity contribution in [1.29, 1.82) is 0 Å². The minimum absolute atomic E-state index is 0.135. The van der Waals surface area contributed by atoms with Crippen LogP contribution in [0.4, 0.5) is 0 Å². The predicted molar refractivity (Wildman–Crippen MR) is 317 cm³/mol. The maximum absolute atomic E-state index is 6.50. The van der Waals surface area contributed by atoms with E-state index in [4.69, 9.17) is 8.83 Å². The largest absolute Gasteiger partial charge is 0.456 e. The summed E-state index contributed by atoms with van der Waals surface area (Å²) in [6.07, 6.45) is 9.04. The molecule has 2 aromatic heterocycles. The molecule has 0 bridgehead atoms. The van der Waals surface area contributed by atoms with E-state index in [0.717, 1.165) is 35.4 Å². The van der Waals surface area contributed by atoms with Crippen LogP contribution in [0.1, 0.15) is 109 Å². The maximum atomic E-state index is 6.50. The van der Waals surface area contributed by atoms with Gasteiger partial charge in [0.25, 0.3) is 0 Å². The minimum Gasteiger partial charge on any atom is -0.456 e. The standard InChI is InChI=1S/C69H53O2P3/c72-69(73,74)47-31-29-42(30-32-47)41-21-25-45(26-22-41)63-48(43-19-17-40(18-20-43)39-58-51-10-2-1-9-50(51)54-35-37-61-66(65(54)58)56-13-5-7-15-59(56)70-61)33-34-49(63)44-23-27-46(28-24-44)64-53-12-4-3-11-52(53)55-36-38-62-67(68(55)64)57-14-6-8-16-60(57)71-62/h1-32,34-38,48,55,58,63-64,68H,33,39,72-74H2. The van der Waals surface area contributed by atoms with Gasteiger partial charge in [-0.15, -0.1) is 27.7 Å². The second-order valence-electron chi connectivity index (χ2n) is 21.2. The number of furan rings is 2. The Labute approximate surface area is 439 Å². The van der Waals surface area contributed by atoms with Gasteiger partial charge in [0.2, 0.25) is 0 Å². The van der Waals surface area contributed by atoms with Crippen LogP contribution in [0.5, 0.6) is 0 Å². The van der Waals surface area contributed by atoms with Crippen molar-refractivity contribution in [3.63, 3.8) is 0 Å². The van der Waals surface area contributed by atoms with Gasteiger partial charge in [-0.25, -0.2) is 0 Å². The average Bonchev–Trinajstić information content (AvgIpc) is 4.31. The van der Waals surface area contributed by atoms with Gasteiger partial charge in [0.1, 0.15) is 22.5 Å². The van der Waals surface area contributed by atoms with E-state index in [1.54, 1.807) is 0 Å². The zero-order valence-electron chi connectivity index (χ0n) is 40.8. The Kier molecular flexibility index (Phi) is 10.4. The van der Waals surface area contributed by atoms with Gasteiger partial charge in [-0.3, -0.25) is 0 Å². The summed E-state index contributed by atoms with van der Waals surface area (Å²) in [5.41, 5.74) is 24.4. The van der Waals surface area contributed by atoms with Crippen molar-refractivity contribution in [1.82, 2.24) is 0 Å². The van der Waals surface area contributed by atoms with Gasteiger partial charge in [-0.05, 0) is 126 Å². The summed E-state index contributed by atoms with van der Waals surface area (Å²) in [5.74, 6) is 2.48. The summed E-state index contributed by atoms with van der Waals surface area (Å²) in [4.78, 5) is 0. The lowest BCUT2D eigenvalue weighted by Crippen LogP contribution is -2.14. The second kappa shape index (κ2) is 17.3. The zero-order valence-corrected chi connectivity index (χ0v) is 44.3. The number of allylic oxidation sites excluding steroid dienone is 3. The number of rotatable bonds is 8. The van der Waals surface area contributed by atoms with Crippen LogP contribution in [0, 0.1) is 0 Å². The van der Waals surface area contributed by atoms with Crippen molar-refractivity contribution in [2.45, 2.75) is 53.0 Å². The van der Waals surface area contributed by atoms with Gasteiger partial charge >= 0.3 is 0 Å². The van der Waals surface area contributed by atoms with Gasteiger partial charge in [0.15, 0.2) is 0 Å². The fourth-order valence-electron chi connectivity index (χ4n) is 13.9. The summed E-state index contributed by atoms with van der Waals surface area (Å²) in [5, 5.41) is 3.69. The third-order valence-corrected chi connectivity index (χ3v) is 18.2. The Morgan fingerprint density at radius 3 is 1.82 bits per heavy atom. The molecule has 0 radical (unpaired) electrons. The molecule has 0 amide bonds. The van der Waals surface area contributed by atoms with Crippen molar-refractivity contribution in [3.8, 4) is 22.3 Å². The highest BCUT2D eigenvalue weighted by Gasteiger charge is 2.45. The highest BCUT2D eigenvalue weighted by atomic mass is 31.1. The van der Waals surface area contributed by atoms with Gasteiger partial charge in [-0.2, -0.15) is 0 Å². The first-order valence-corrected chi connectivity index (χ1v) is 27.8. The molecule has 356 valence electrons. The molecule has 2 nitrogen and oxygen atoms in total. The van der Waals surface area contributed by atoms with E-state index in [0.29, 0.717) is 5.92 Å². The minimum atomic E-state index is -0.135. The van der Waals surface area contributed by atoms with Crippen molar-refractivity contribution >= 4 is 72.3 Å². The van der Waals surface area contributed by atoms with Crippen LogP contribution in [-0.4, -0.2) is 0 Å². The van der Waals surface area contributed by atoms with Gasteiger partial charge in [0, 0.05) is 55.9 Å². The molecule has 9 atom stereocenters. The fourth-order valence-corrected chi connectivity index (χ4v) is 14.4. The summed E-state index contributed by atoms with van der Waals surface area (Å²) in [6.45, 7) is 0. The molecule has 0 saturated heterocycles. The Morgan fingerprint density at radius 2 is 1.08 bits per heavy atom. The van der Waals surface area contributed by atoms with E-state index in [9.17, 15) is 0 Å². The molecule has 74 heavy (non-hydrogen) atoms. The molecule has 0 spiro atoms. The van der Waals surface area contributed by atoms with E-state index in [1.807, 2.05) is 0 Å². The van der Waals surface area contributed by atoms with Crippen LogP contribution in [0.3, 0.4) is 0 Å². The first-order valence-electron chi connectivity index (χ1n) is 26.1. The Bertz CT molecular complexity index is 4070. The number of hydrogen-bond acceptors (Lipinski definition) is 2. The van der Waals surface area contributed by atoms with E-state index in [2.05, 4.69) is 252 Å². The van der Waals surface area contributed by atoms with E-state index >= 15 is 0 Å². The molecule has 11 aromatic rings. The molecule has 2 heterocycles. The molecule has 0 fully saturated rings. The number of benzene rings is 9. The predicted octanol–water partition coefficient (Wildman–Crippen LogP) is 18.5. The molecule has 15 rings (SSSR count). The van der Waals surface area contributed by atoms with Crippen molar-refractivity contribution in [2.75, 3.05) is 0 Å². The summed E-state index contributed by atoms with van der Waals surface area (Å²) in [7, 11) is 8.72.